The van der Waals surface area contributed by atoms with Crippen LogP contribution < -0.4 is 4.90 Å². The zero-order valence-corrected chi connectivity index (χ0v) is 12.3. The molecule has 0 aliphatic heterocycles. The molecule has 0 spiro atoms. The summed E-state index contributed by atoms with van der Waals surface area (Å²) < 4.78 is 0. The topological polar surface area (TPSA) is 15.6 Å². The Bertz CT molecular complexity index is 766. The van der Waals surface area contributed by atoms with Crippen molar-refractivity contribution < 1.29 is 0 Å². The first-order chi connectivity index (χ1) is 10.2. The average Bonchev–Trinajstić information content (AvgIpc) is 2.53. The number of anilines is 1. The van der Waals surface area contributed by atoms with Gasteiger partial charge in [-0.2, -0.15) is 0 Å². The van der Waals surface area contributed by atoms with Gasteiger partial charge < -0.3 is 4.90 Å². The first-order valence-corrected chi connectivity index (χ1v) is 7.03. The standard InChI is InChI=1S/C19H18N2/c1-21(2)18-12-10-17(11-13-18)20-14-16-8-5-7-15-6-3-4-9-19(15)16/h3-14H,1-2H3. The van der Waals surface area contributed by atoms with Crippen LogP contribution in [-0.4, -0.2) is 20.3 Å². The van der Waals surface area contributed by atoms with E-state index in [1.54, 1.807) is 0 Å². The molecule has 0 amide bonds. The van der Waals surface area contributed by atoms with E-state index in [1.165, 1.54) is 16.5 Å². The minimum absolute atomic E-state index is 0.966. The van der Waals surface area contributed by atoms with E-state index in [0.717, 1.165) is 11.3 Å². The van der Waals surface area contributed by atoms with Crippen LogP contribution in [0.5, 0.6) is 0 Å². The lowest BCUT2D eigenvalue weighted by Gasteiger charge is -2.11. The molecule has 0 aromatic heterocycles. The van der Waals surface area contributed by atoms with E-state index in [-0.39, 0.29) is 0 Å². The molecule has 0 aliphatic rings. The highest BCUT2D eigenvalue weighted by Crippen LogP contribution is 2.20. The van der Waals surface area contributed by atoms with Crippen LogP contribution in [0, 0.1) is 0 Å². The molecule has 3 aromatic rings. The van der Waals surface area contributed by atoms with Crippen LogP contribution in [0.1, 0.15) is 5.56 Å². The van der Waals surface area contributed by atoms with E-state index in [9.17, 15) is 0 Å². The minimum Gasteiger partial charge on any atom is -0.378 e. The van der Waals surface area contributed by atoms with E-state index < -0.39 is 0 Å². The van der Waals surface area contributed by atoms with Gasteiger partial charge in [-0.15, -0.1) is 0 Å². The third-order valence-corrected chi connectivity index (χ3v) is 3.54. The maximum absolute atomic E-state index is 4.58. The van der Waals surface area contributed by atoms with Gasteiger partial charge in [0.2, 0.25) is 0 Å². The fraction of sp³-hybridized carbons (Fsp3) is 0.105. The fourth-order valence-electron chi connectivity index (χ4n) is 2.34. The molecule has 21 heavy (non-hydrogen) atoms. The molecule has 0 radical (unpaired) electrons. The second kappa shape index (κ2) is 5.80. The van der Waals surface area contributed by atoms with E-state index in [0.29, 0.717) is 0 Å². The Morgan fingerprint density at radius 1 is 0.810 bits per heavy atom. The van der Waals surface area contributed by atoms with Crippen LogP contribution in [0.3, 0.4) is 0 Å². The van der Waals surface area contributed by atoms with Gasteiger partial charge >= 0.3 is 0 Å². The molecule has 0 heterocycles. The summed E-state index contributed by atoms with van der Waals surface area (Å²) in [6.07, 6.45) is 1.94. The lowest BCUT2D eigenvalue weighted by atomic mass is 10.1. The zero-order valence-electron chi connectivity index (χ0n) is 12.3. The highest BCUT2D eigenvalue weighted by atomic mass is 15.1. The van der Waals surface area contributed by atoms with E-state index in [4.69, 9.17) is 0 Å². The van der Waals surface area contributed by atoms with Crippen LogP contribution >= 0.6 is 0 Å². The predicted octanol–water partition coefficient (Wildman–Crippen LogP) is 4.66. The molecule has 2 nitrogen and oxygen atoms in total. The Morgan fingerprint density at radius 2 is 1.52 bits per heavy atom. The Labute approximate surface area is 125 Å². The fourth-order valence-corrected chi connectivity index (χ4v) is 2.34. The van der Waals surface area contributed by atoms with Crippen molar-refractivity contribution in [1.29, 1.82) is 0 Å². The number of fused-ring (bicyclic) bond motifs is 1. The molecule has 0 aliphatic carbocycles. The van der Waals surface area contributed by atoms with Crippen LogP contribution in [-0.2, 0) is 0 Å². The molecule has 3 aromatic carbocycles. The summed E-state index contributed by atoms with van der Waals surface area (Å²) >= 11 is 0. The van der Waals surface area contributed by atoms with Gasteiger partial charge in [-0.1, -0.05) is 42.5 Å². The highest BCUT2D eigenvalue weighted by Gasteiger charge is 1.98. The Hall–Kier alpha value is -2.61. The summed E-state index contributed by atoms with van der Waals surface area (Å²) in [7, 11) is 4.07. The van der Waals surface area contributed by atoms with Crippen LogP contribution in [0.25, 0.3) is 10.8 Å². The van der Waals surface area contributed by atoms with Gasteiger partial charge in [0.15, 0.2) is 0 Å². The van der Waals surface area contributed by atoms with Gasteiger partial charge in [0, 0.05) is 31.6 Å². The molecule has 2 heteroatoms. The van der Waals surface area contributed by atoms with Crippen molar-refractivity contribution in [3.63, 3.8) is 0 Å². The summed E-state index contributed by atoms with van der Waals surface area (Å²) in [6, 6.07) is 22.9. The van der Waals surface area contributed by atoms with Crippen molar-refractivity contribution in [3.8, 4) is 0 Å². The van der Waals surface area contributed by atoms with Crippen molar-refractivity contribution in [2.75, 3.05) is 19.0 Å². The van der Waals surface area contributed by atoms with Crippen LogP contribution in [0.15, 0.2) is 71.7 Å². The minimum atomic E-state index is 0.966. The second-order valence-corrected chi connectivity index (χ2v) is 5.24. The van der Waals surface area contributed by atoms with Crippen molar-refractivity contribution in [2.24, 2.45) is 4.99 Å². The first-order valence-electron chi connectivity index (χ1n) is 7.03. The first kappa shape index (κ1) is 13.4. The monoisotopic (exact) mass is 274 g/mol. The third-order valence-electron chi connectivity index (χ3n) is 3.54. The van der Waals surface area contributed by atoms with Gasteiger partial charge in [-0.05, 0) is 35.0 Å². The normalized spacial score (nSPS) is 11.1. The van der Waals surface area contributed by atoms with Gasteiger partial charge in [-0.3, -0.25) is 4.99 Å². The predicted molar refractivity (Wildman–Crippen MR) is 92.0 cm³/mol. The maximum Gasteiger partial charge on any atom is 0.0631 e. The van der Waals surface area contributed by atoms with Gasteiger partial charge in [-0.25, -0.2) is 0 Å². The number of hydrogen-bond donors (Lipinski definition) is 0. The van der Waals surface area contributed by atoms with Gasteiger partial charge in [0.25, 0.3) is 0 Å². The molecule has 0 fully saturated rings. The van der Waals surface area contributed by atoms with E-state index in [2.05, 4.69) is 64.5 Å². The lowest BCUT2D eigenvalue weighted by Crippen LogP contribution is -2.07. The average molecular weight is 274 g/mol. The Balaban J connectivity index is 1.91. The summed E-state index contributed by atoms with van der Waals surface area (Å²) in [6.45, 7) is 0. The smallest absolute Gasteiger partial charge is 0.0631 e. The van der Waals surface area contributed by atoms with Crippen molar-refractivity contribution >= 4 is 28.4 Å². The molecule has 0 bridgehead atoms. The Kier molecular flexibility index (Phi) is 3.69. The molecular formula is C19H18N2. The van der Waals surface area contributed by atoms with E-state index >= 15 is 0 Å². The highest BCUT2D eigenvalue weighted by molar-refractivity contribution is 6.00. The quantitative estimate of drug-likeness (QED) is 0.634. The summed E-state index contributed by atoms with van der Waals surface area (Å²) in [4.78, 5) is 6.67. The van der Waals surface area contributed by atoms with Crippen molar-refractivity contribution in [1.82, 2.24) is 0 Å². The summed E-state index contributed by atoms with van der Waals surface area (Å²) in [5, 5.41) is 2.47. The van der Waals surface area contributed by atoms with Crippen LogP contribution in [0.4, 0.5) is 11.4 Å². The Morgan fingerprint density at radius 3 is 2.29 bits per heavy atom. The number of rotatable bonds is 3. The second-order valence-electron chi connectivity index (χ2n) is 5.24. The molecule has 0 atom stereocenters. The molecule has 0 unspecified atom stereocenters. The van der Waals surface area contributed by atoms with Gasteiger partial charge in [0.1, 0.15) is 0 Å². The zero-order chi connectivity index (χ0) is 14.7. The van der Waals surface area contributed by atoms with E-state index in [1.807, 2.05) is 32.4 Å². The number of aliphatic imine (C=N–C) groups is 1. The number of hydrogen-bond acceptors (Lipinski definition) is 2. The number of benzene rings is 3. The van der Waals surface area contributed by atoms with Crippen molar-refractivity contribution in [3.05, 3.63) is 72.3 Å². The molecule has 0 saturated heterocycles. The summed E-state index contributed by atoms with van der Waals surface area (Å²) in [5.74, 6) is 0. The summed E-state index contributed by atoms with van der Waals surface area (Å²) in [5.41, 5.74) is 3.29. The molecule has 3 rings (SSSR count). The molecule has 0 N–H and O–H groups in total. The molecule has 0 saturated carbocycles. The lowest BCUT2D eigenvalue weighted by molar-refractivity contribution is 1.13. The third kappa shape index (κ3) is 2.95. The largest absolute Gasteiger partial charge is 0.378 e. The maximum atomic E-state index is 4.58. The number of nitrogens with zero attached hydrogens (tertiary/aromatic N) is 2. The molecule has 104 valence electrons. The van der Waals surface area contributed by atoms with Gasteiger partial charge in [0.05, 0.1) is 5.69 Å². The van der Waals surface area contributed by atoms with Crippen LogP contribution in [0.2, 0.25) is 0 Å². The molecular weight excluding hydrogens is 256 g/mol. The SMILES string of the molecule is CN(C)c1ccc(N=Cc2cccc3ccccc23)cc1. The van der Waals surface area contributed by atoms with Crippen molar-refractivity contribution in [2.45, 2.75) is 0 Å².